The first kappa shape index (κ1) is 28.5. The van der Waals surface area contributed by atoms with Crippen molar-refractivity contribution in [2.75, 3.05) is 12.3 Å². The van der Waals surface area contributed by atoms with Crippen LogP contribution in [0.3, 0.4) is 0 Å². The zero-order valence-corrected chi connectivity index (χ0v) is 21.0. The van der Waals surface area contributed by atoms with Gasteiger partial charge < -0.3 is 25.9 Å². The van der Waals surface area contributed by atoms with E-state index in [1.165, 1.54) is 0 Å². The fourth-order valence-electron chi connectivity index (χ4n) is 3.00. The molecule has 3 rings (SSSR count). The van der Waals surface area contributed by atoms with Crippen LogP contribution in [0.2, 0.25) is 0 Å². The van der Waals surface area contributed by atoms with Gasteiger partial charge in [0.15, 0.2) is 23.1 Å². The van der Waals surface area contributed by atoms with Gasteiger partial charge in [0.1, 0.15) is 22.3 Å². The average molecular weight is 500 g/mol. The minimum Gasteiger partial charge on any atom is -0.490 e. The predicted octanol–water partition coefficient (Wildman–Crippen LogP) is 2.80. The Hall–Kier alpha value is -2.58. The van der Waals surface area contributed by atoms with Gasteiger partial charge in [-0.2, -0.15) is 0 Å². The molecule has 1 unspecified atom stereocenters. The van der Waals surface area contributed by atoms with E-state index in [4.69, 9.17) is 20.8 Å². The van der Waals surface area contributed by atoms with Crippen LogP contribution in [0.4, 0.5) is 5.82 Å². The van der Waals surface area contributed by atoms with Crippen molar-refractivity contribution < 1.29 is 14.5 Å². The molecule has 0 aliphatic carbocycles. The molecule has 0 spiro atoms. The zero-order chi connectivity index (χ0) is 22.8. The van der Waals surface area contributed by atoms with Crippen LogP contribution in [0, 0.1) is 17.8 Å². The Morgan fingerprint density at radius 1 is 1.27 bits per heavy atom. The number of imidazole rings is 1. The molecule has 0 saturated heterocycles. The van der Waals surface area contributed by atoms with Gasteiger partial charge in [0, 0.05) is 12.6 Å². The van der Waals surface area contributed by atoms with Crippen LogP contribution >= 0.6 is 24.8 Å². The smallest absolute Gasteiger partial charge is 0.199 e. The van der Waals surface area contributed by atoms with Gasteiger partial charge in [0.25, 0.3) is 0 Å². The van der Waals surface area contributed by atoms with Crippen molar-refractivity contribution in [2.24, 2.45) is 11.7 Å². The first-order valence-electron chi connectivity index (χ1n) is 10.2. The molecule has 12 heteroatoms. The highest BCUT2D eigenvalue weighted by Crippen LogP contribution is 2.33. The highest BCUT2D eigenvalue weighted by atomic mass is 35.5. The molecule has 5 N–H and O–H groups in total. The normalized spacial score (nSPS) is 12.0. The summed E-state index contributed by atoms with van der Waals surface area (Å²) < 4.78 is 12.7. The number of hydrogen-bond donors (Lipinski definition) is 3. The topological polar surface area (TPSA) is 151 Å². The first-order valence-corrected chi connectivity index (χ1v) is 10.2. The van der Waals surface area contributed by atoms with E-state index in [1.54, 1.807) is 20.0 Å². The Morgan fingerprint density at radius 2 is 1.97 bits per heavy atom. The first-order chi connectivity index (χ1) is 14.6. The van der Waals surface area contributed by atoms with Gasteiger partial charge in [0.05, 0.1) is 12.8 Å². The number of anilines is 1. The Balaban J connectivity index is 0.00000272. The summed E-state index contributed by atoms with van der Waals surface area (Å²) in [5.74, 6) is 7.21. The number of nitrogens with two attached hydrogens (primary N) is 2. The fourth-order valence-corrected chi connectivity index (χ4v) is 3.00. The predicted molar refractivity (Wildman–Crippen MR) is 132 cm³/mol. The van der Waals surface area contributed by atoms with Gasteiger partial charge in [-0.3, -0.25) is 0 Å². The molecule has 182 valence electrons. The fraction of sp³-hybridized carbons (Fsp3) is 0.524. The molecule has 0 aliphatic heterocycles. The van der Waals surface area contributed by atoms with Crippen LogP contribution < -0.4 is 16.2 Å². The Labute approximate surface area is 205 Å². The number of aliphatic hydroxyl groups is 1. The lowest BCUT2D eigenvalue weighted by Crippen LogP contribution is -2.28. The number of nitrogens with zero attached hydrogens (tertiary/aromatic N) is 5. The molecule has 10 nitrogen and oxygen atoms in total. The molecule has 0 aromatic carbocycles. The lowest BCUT2D eigenvalue weighted by Gasteiger charge is -2.16. The van der Waals surface area contributed by atoms with E-state index in [9.17, 15) is 5.11 Å². The molecule has 0 bridgehead atoms. The standard InChI is InChI=1S/C21H29N7O3.2ClH/c1-6-28-18-15(30-10-8-13(22)12(2)3)11-24-14(7-9-21(4,5)29)16(18)25-20(28)17-19(23)27-31-26-17;;/h11-13,29H,6,8,10,22H2,1-5H3,(H2,23,27);2*1H. The summed E-state index contributed by atoms with van der Waals surface area (Å²) in [6, 6.07) is 0.0352. The number of aryl methyl sites for hydroxylation is 1. The van der Waals surface area contributed by atoms with Crippen LogP contribution in [-0.2, 0) is 6.54 Å². The molecule has 0 amide bonds. The largest absolute Gasteiger partial charge is 0.490 e. The second-order valence-corrected chi connectivity index (χ2v) is 8.20. The third-order valence-electron chi connectivity index (χ3n) is 4.83. The SMILES string of the molecule is CCn1c(-c2nonc2N)nc2c(C#CC(C)(C)O)ncc(OCCC(N)C(C)C)c21.Cl.Cl. The minimum absolute atomic E-state index is 0. The molecule has 3 heterocycles. The van der Waals surface area contributed by atoms with Crippen LogP contribution in [0.25, 0.3) is 22.6 Å². The monoisotopic (exact) mass is 499 g/mol. The lowest BCUT2D eigenvalue weighted by molar-refractivity contribution is 0.143. The number of rotatable bonds is 7. The Kier molecular flexibility index (Phi) is 9.93. The second kappa shape index (κ2) is 11.5. The van der Waals surface area contributed by atoms with E-state index < -0.39 is 5.60 Å². The molecule has 1 atom stereocenters. The Morgan fingerprint density at radius 3 is 2.52 bits per heavy atom. The minimum atomic E-state index is -1.17. The molecule has 0 aliphatic rings. The van der Waals surface area contributed by atoms with E-state index in [0.29, 0.717) is 59.5 Å². The number of pyridine rings is 1. The summed E-state index contributed by atoms with van der Waals surface area (Å²) >= 11 is 0. The molecule has 3 aromatic rings. The summed E-state index contributed by atoms with van der Waals surface area (Å²) in [5.41, 5.74) is 12.8. The second-order valence-electron chi connectivity index (χ2n) is 8.20. The van der Waals surface area contributed by atoms with Crippen LogP contribution in [0.15, 0.2) is 10.8 Å². The van der Waals surface area contributed by atoms with Gasteiger partial charge in [0.2, 0.25) is 0 Å². The number of nitrogen functional groups attached to an aromatic ring is 1. The molecule has 0 fully saturated rings. The molecule has 3 aromatic heterocycles. The number of ether oxygens (including phenoxy) is 1. The maximum absolute atomic E-state index is 10.0. The Bertz CT molecular complexity index is 1130. The van der Waals surface area contributed by atoms with Crippen LogP contribution in [0.1, 0.15) is 46.7 Å². The van der Waals surface area contributed by atoms with Crippen LogP contribution in [-0.4, -0.2) is 48.2 Å². The van der Waals surface area contributed by atoms with E-state index in [-0.39, 0.29) is 36.7 Å². The van der Waals surface area contributed by atoms with Crippen molar-refractivity contribution in [1.29, 1.82) is 0 Å². The van der Waals surface area contributed by atoms with Gasteiger partial charge >= 0.3 is 0 Å². The summed E-state index contributed by atoms with van der Waals surface area (Å²) in [7, 11) is 0. The quantitative estimate of drug-likeness (QED) is 0.416. The van der Waals surface area contributed by atoms with Crippen molar-refractivity contribution >= 4 is 41.7 Å². The van der Waals surface area contributed by atoms with Crippen molar-refractivity contribution in [3.05, 3.63) is 11.9 Å². The molecular weight excluding hydrogens is 469 g/mol. The van der Waals surface area contributed by atoms with Gasteiger partial charge in [-0.1, -0.05) is 19.8 Å². The van der Waals surface area contributed by atoms with Crippen molar-refractivity contribution in [1.82, 2.24) is 24.8 Å². The zero-order valence-electron chi connectivity index (χ0n) is 19.3. The highest BCUT2D eigenvalue weighted by molar-refractivity contribution is 5.89. The number of aromatic nitrogens is 5. The third kappa shape index (κ3) is 6.48. The third-order valence-corrected chi connectivity index (χ3v) is 4.83. The average Bonchev–Trinajstić information content (AvgIpc) is 3.29. The highest BCUT2D eigenvalue weighted by Gasteiger charge is 2.23. The van der Waals surface area contributed by atoms with Crippen molar-refractivity contribution in [2.45, 2.75) is 59.2 Å². The summed E-state index contributed by atoms with van der Waals surface area (Å²) in [5, 5.41) is 17.5. The maximum Gasteiger partial charge on any atom is 0.199 e. The van der Waals surface area contributed by atoms with Gasteiger partial charge in [-0.05, 0) is 49.3 Å². The van der Waals surface area contributed by atoms with Crippen molar-refractivity contribution in [3.8, 4) is 29.1 Å². The maximum atomic E-state index is 10.0. The van der Waals surface area contributed by atoms with E-state index in [2.05, 4.69) is 46.0 Å². The molecule has 0 radical (unpaired) electrons. The molecular formula is C21H31Cl2N7O3. The van der Waals surface area contributed by atoms with Crippen LogP contribution in [0.5, 0.6) is 5.75 Å². The lowest BCUT2D eigenvalue weighted by atomic mass is 10.0. The van der Waals surface area contributed by atoms with Gasteiger partial charge in [-0.15, -0.1) is 24.8 Å². The van der Waals surface area contributed by atoms with E-state index >= 15 is 0 Å². The number of hydrogen-bond acceptors (Lipinski definition) is 9. The summed E-state index contributed by atoms with van der Waals surface area (Å²) in [4.78, 5) is 9.12. The van der Waals surface area contributed by atoms with E-state index in [0.717, 1.165) is 0 Å². The summed E-state index contributed by atoms with van der Waals surface area (Å²) in [6.45, 7) is 10.3. The van der Waals surface area contributed by atoms with E-state index in [1.807, 2.05) is 11.5 Å². The molecule has 0 saturated carbocycles. The number of halogens is 2. The number of fused-ring (bicyclic) bond motifs is 1. The molecule has 33 heavy (non-hydrogen) atoms. The summed E-state index contributed by atoms with van der Waals surface area (Å²) in [6.07, 6.45) is 2.31. The van der Waals surface area contributed by atoms with Crippen molar-refractivity contribution in [3.63, 3.8) is 0 Å². The van der Waals surface area contributed by atoms with Gasteiger partial charge in [-0.25, -0.2) is 14.6 Å².